The lowest BCUT2D eigenvalue weighted by atomic mass is 10.2. The van der Waals surface area contributed by atoms with Crippen LogP contribution >= 0.6 is 0 Å². The molecule has 0 radical (unpaired) electrons. The van der Waals surface area contributed by atoms with Crippen LogP contribution in [0.4, 0.5) is 0 Å². The molecule has 5 nitrogen and oxygen atoms in total. The average Bonchev–Trinajstić information content (AvgIpc) is 2.95. The molecule has 1 unspecified atom stereocenters. The predicted molar refractivity (Wildman–Crippen MR) is 60.6 cm³/mol. The number of sulfonamides is 1. The fourth-order valence-corrected chi connectivity index (χ4v) is 3.31. The number of hydrogen-bond donors (Lipinski definition) is 1. The zero-order chi connectivity index (χ0) is 12.5. The Balaban J connectivity index is 2.88. The minimum atomic E-state index is -3.70. The molecule has 16 heavy (non-hydrogen) atoms. The fraction of sp³-hybridized carbons (Fsp3) is 0.900. The molecule has 0 aliphatic heterocycles. The number of nitrogens with zero attached hydrogens (tertiary/aromatic N) is 1. The number of hydrogen-bond acceptors (Lipinski definition) is 3. The van der Waals surface area contributed by atoms with Crippen molar-refractivity contribution in [2.24, 2.45) is 5.92 Å². The third-order valence-electron chi connectivity index (χ3n) is 2.62. The second-order valence-electron chi connectivity index (χ2n) is 4.72. The lowest BCUT2D eigenvalue weighted by molar-refractivity contribution is -0.136. The van der Waals surface area contributed by atoms with E-state index in [9.17, 15) is 13.2 Å². The minimum absolute atomic E-state index is 0.0224. The Labute approximate surface area is 96.5 Å². The van der Waals surface area contributed by atoms with Gasteiger partial charge >= 0.3 is 5.97 Å². The van der Waals surface area contributed by atoms with E-state index in [1.54, 1.807) is 0 Å². The summed E-state index contributed by atoms with van der Waals surface area (Å²) in [6, 6.07) is 0.0224. The first-order chi connectivity index (χ1) is 7.26. The van der Waals surface area contributed by atoms with Gasteiger partial charge in [-0.2, -0.15) is 4.31 Å². The second-order valence-corrected chi connectivity index (χ2v) is 6.93. The quantitative estimate of drug-likeness (QED) is 0.759. The molecule has 1 aliphatic rings. The summed E-state index contributed by atoms with van der Waals surface area (Å²) in [7, 11) is -3.70. The van der Waals surface area contributed by atoms with Crippen molar-refractivity contribution < 1.29 is 18.3 Å². The smallest absolute Gasteiger partial charge is 0.323 e. The van der Waals surface area contributed by atoms with E-state index in [4.69, 9.17) is 5.11 Å². The number of rotatable bonds is 6. The molecule has 0 aromatic carbocycles. The zero-order valence-corrected chi connectivity index (χ0v) is 10.7. The van der Waals surface area contributed by atoms with Crippen molar-refractivity contribution in [1.82, 2.24) is 4.31 Å². The molecule has 1 atom stereocenters. The molecule has 6 heteroatoms. The molecular weight excluding hydrogens is 230 g/mol. The SMILES string of the molecule is CC(C)CN(C1CC1)S(=O)(=O)C(C)C(=O)O. The van der Waals surface area contributed by atoms with Crippen LogP contribution in [0.15, 0.2) is 0 Å². The summed E-state index contributed by atoms with van der Waals surface area (Å²) in [6.45, 7) is 5.49. The van der Waals surface area contributed by atoms with E-state index in [0.717, 1.165) is 12.8 Å². The summed E-state index contributed by atoms with van der Waals surface area (Å²) < 4.78 is 25.4. The maximum Gasteiger partial charge on any atom is 0.323 e. The molecular formula is C10H19NO4S. The molecule has 1 N–H and O–H groups in total. The monoisotopic (exact) mass is 249 g/mol. The molecule has 0 spiro atoms. The van der Waals surface area contributed by atoms with Crippen LogP contribution in [0, 0.1) is 5.92 Å². The van der Waals surface area contributed by atoms with Gasteiger partial charge in [-0.15, -0.1) is 0 Å². The molecule has 1 fully saturated rings. The molecule has 0 saturated heterocycles. The van der Waals surface area contributed by atoms with E-state index in [1.807, 2.05) is 13.8 Å². The van der Waals surface area contributed by atoms with Crippen LogP contribution in [0.2, 0.25) is 0 Å². The van der Waals surface area contributed by atoms with Crippen LogP contribution in [0.3, 0.4) is 0 Å². The molecule has 0 heterocycles. The van der Waals surface area contributed by atoms with Crippen molar-refractivity contribution in [3.05, 3.63) is 0 Å². The first-order valence-electron chi connectivity index (χ1n) is 5.50. The van der Waals surface area contributed by atoms with Crippen LogP contribution in [-0.4, -0.2) is 41.6 Å². The Morgan fingerprint density at radius 3 is 2.19 bits per heavy atom. The van der Waals surface area contributed by atoms with E-state index >= 15 is 0 Å². The van der Waals surface area contributed by atoms with Gasteiger partial charge in [0.2, 0.25) is 10.0 Å². The Morgan fingerprint density at radius 2 is 1.88 bits per heavy atom. The summed E-state index contributed by atoms with van der Waals surface area (Å²) in [5.74, 6) is -1.08. The Hall–Kier alpha value is -0.620. The van der Waals surface area contributed by atoms with Gasteiger partial charge in [0.1, 0.15) is 0 Å². The van der Waals surface area contributed by atoms with Crippen molar-refractivity contribution in [3.63, 3.8) is 0 Å². The Kier molecular flexibility index (Phi) is 3.96. The largest absolute Gasteiger partial charge is 0.480 e. The molecule has 0 aromatic rings. The molecule has 0 bridgehead atoms. The summed E-state index contributed by atoms with van der Waals surface area (Å²) in [5.41, 5.74) is 0. The van der Waals surface area contributed by atoms with Crippen LogP contribution in [-0.2, 0) is 14.8 Å². The molecule has 1 rings (SSSR count). The maximum absolute atomic E-state index is 12.0. The van der Waals surface area contributed by atoms with E-state index < -0.39 is 21.2 Å². The summed E-state index contributed by atoms with van der Waals surface area (Å²) >= 11 is 0. The lowest BCUT2D eigenvalue weighted by Crippen LogP contribution is -2.44. The number of carboxylic acid groups (broad SMARTS) is 1. The minimum Gasteiger partial charge on any atom is -0.480 e. The first kappa shape index (κ1) is 13.4. The van der Waals surface area contributed by atoms with E-state index in [-0.39, 0.29) is 12.0 Å². The van der Waals surface area contributed by atoms with Crippen LogP contribution in [0.25, 0.3) is 0 Å². The van der Waals surface area contributed by atoms with Crippen molar-refractivity contribution in [1.29, 1.82) is 0 Å². The summed E-state index contributed by atoms with van der Waals surface area (Å²) in [4.78, 5) is 10.8. The third kappa shape index (κ3) is 2.95. The van der Waals surface area contributed by atoms with E-state index in [0.29, 0.717) is 6.54 Å². The number of carbonyl (C=O) groups is 1. The van der Waals surface area contributed by atoms with Crippen molar-refractivity contribution in [2.45, 2.75) is 44.9 Å². The van der Waals surface area contributed by atoms with Crippen LogP contribution in [0.1, 0.15) is 33.6 Å². The highest BCUT2D eigenvalue weighted by molar-refractivity contribution is 7.90. The predicted octanol–water partition coefficient (Wildman–Crippen LogP) is 0.910. The highest BCUT2D eigenvalue weighted by atomic mass is 32.2. The first-order valence-corrected chi connectivity index (χ1v) is 7.00. The van der Waals surface area contributed by atoms with E-state index in [2.05, 4.69) is 0 Å². The standard InChI is InChI=1S/C10H19NO4S/c1-7(2)6-11(9-4-5-9)16(14,15)8(3)10(12)13/h7-9H,4-6H2,1-3H3,(H,12,13). The molecule has 0 amide bonds. The van der Waals surface area contributed by atoms with Crippen molar-refractivity contribution in [3.8, 4) is 0 Å². The fourth-order valence-electron chi connectivity index (χ4n) is 1.51. The Morgan fingerprint density at radius 1 is 1.38 bits per heavy atom. The van der Waals surface area contributed by atoms with Crippen LogP contribution in [0.5, 0.6) is 0 Å². The van der Waals surface area contributed by atoms with Gasteiger partial charge in [-0.25, -0.2) is 8.42 Å². The molecule has 94 valence electrons. The van der Waals surface area contributed by atoms with Gasteiger partial charge < -0.3 is 5.11 Å². The van der Waals surface area contributed by atoms with Crippen molar-refractivity contribution in [2.75, 3.05) is 6.54 Å². The van der Waals surface area contributed by atoms with Crippen molar-refractivity contribution >= 4 is 16.0 Å². The average molecular weight is 249 g/mol. The van der Waals surface area contributed by atoms with Gasteiger partial charge in [-0.3, -0.25) is 4.79 Å². The Bertz CT molecular complexity index is 359. The van der Waals surface area contributed by atoms with Gasteiger partial charge in [0.25, 0.3) is 0 Å². The van der Waals surface area contributed by atoms with Gasteiger partial charge in [0, 0.05) is 12.6 Å². The van der Waals surface area contributed by atoms with Crippen LogP contribution < -0.4 is 0 Å². The van der Waals surface area contributed by atoms with E-state index in [1.165, 1.54) is 11.2 Å². The van der Waals surface area contributed by atoms with Gasteiger partial charge in [-0.05, 0) is 25.7 Å². The zero-order valence-electron chi connectivity index (χ0n) is 9.88. The highest BCUT2D eigenvalue weighted by Gasteiger charge is 2.42. The van der Waals surface area contributed by atoms with Gasteiger partial charge in [0.05, 0.1) is 0 Å². The van der Waals surface area contributed by atoms with Gasteiger partial charge in [0.15, 0.2) is 5.25 Å². The number of aliphatic carboxylic acids is 1. The molecule has 0 aromatic heterocycles. The normalized spacial score (nSPS) is 19.1. The third-order valence-corrected chi connectivity index (χ3v) is 4.82. The second kappa shape index (κ2) is 4.71. The highest BCUT2D eigenvalue weighted by Crippen LogP contribution is 2.31. The topological polar surface area (TPSA) is 74.7 Å². The molecule has 1 saturated carbocycles. The maximum atomic E-state index is 12.0. The lowest BCUT2D eigenvalue weighted by Gasteiger charge is -2.25. The summed E-state index contributed by atoms with van der Waals surface area (Å²) in [6.07, 6.45) is 1.69. The molecule has 1 aliphatic carbocycles. The summed E-state index contributed by atoms with van der Waals surface area (Å²) in [5, 5.41) is 7.44. The number of carboxylic acids is 1. The van der Waals surface area contributed by atoms with Gasteiger partial charge in [-0.1, -0.05) is 13.8 Å².